The molecule has 122 valence electrons. The number of hydrogen-bond acceptors (Lipinski definition) is 4. The normalized spacial score (nSPS) is 14.2. The van der Waals surface area contributed by atoms with Gasteiger partial charge >= 0.3 is 0 Å². The Hall–Kier alpha value is -2.67. The molecule has 0 atom stereocenters. The van der Waals surface area contributed by atoms with E-state index in [4.69, 9.17) is 9.47 Å². The Balaban J connectivity index is 0.00000288. The number of nitriles is 1. The highest BCUT2D eigenvalue weighted by atomic mass is 16.5. The monoisotopic (exact) mass is 312 g/mol. The molecule has 0 aliphatic heterocycles. The predicted molar refractivity (Wildman–Crippen MR) is 93.1 cm³/mol. The molecule has 1 aromatic rings. The Kier molecular flexibility index (Phi) is 5.87. The average Bonchev–Trinajstić information content (AvgIpc) is 2.59. The zero-order chi connectivity index (χ0) is 16.7. The number of nitrogens with one attached hydrogen (secondary N) is 1. The third-order valence-electron chi connectivity index (χ3n) is 3.53. The molecule has 4 heteroatoms. The van der Waals surface area contributed by atoms with Gasteiger partial charge in [-0.25, -0.2) is 0 Å². The van der Waals surface area contributed by atoms with Crippen LogP contribution in [-0.4, -0.2) is 7.11 Å². The van der Waals surface area contributed by atoms with Gasteiger partial charge in [-0.15, -0.1) is 0 Å². The molecule has 0 fully saturated rings. The molecule has 0 aromatic heterocycles. The number of methoxy groups -OCH3 is 1. The molecule has 2 rings (SSSR count). The number of nitrogens with zero attached hydrogens (tertiary/aromatic N) is 1. The summed E-state index contributed by atoms with van der Waals surface area (Å²) in [5.74, 6) is 1.93. The lowest BCUT2D eigenvalue weighted by atomic mass is 10.0. The highest BCUT2D eigenvalue weighted by Gasteiger charge is 2.11. The van der Waals surface area contributed by atoms with Crippen LogP contribution in [0.5, 0.6) is 11.5 Å². The van der Waals surface area contributed by atoms with E-state index in [1.165, 1.54) is 0 Å². The average molecular weight is 312 g/mol. The van der Waals surface area contributed by atoms with Crippen molar-refractivity contribution in [1.29, 1.82) is 5.26 Å². The summed E-state index contributed by atoms with van der Waals surface area (Å²) in [4.78, 5) is 0. The van der Waals surface area contributed by atoms with Crippen molar-refractivity contribution in [3.8, 4) is 17.6 Å². The molecule has 0 radical (unpaired) electrons. The minimum absolute atomic E-state index is 0. The number of allylic oxidation sites excluding steroid dienone is 4. The van der Waals surface area contributed by atoms with E-state index >= 15 is 0 Å². The summed E-state index contributed by atoms with van der Waals surface area (Å²) >= 11 is 0. The quantitative estimate of drug-likeness (QED) is 0.614. The summed E-state index contributed by atoms with van der Waals surface area (Å²) in [6.07, 6.45) is 9.85. The smallest absolute Gasteiger partial charge is 0.219 e. The molecule has 0 bridgehead atoms. The zero-order valence-corrected chi connectivity index (χ0v) is 13.8. The minimum atomic E-state index is 0. The van der Waals surface area contributed by atoms with Crippen LogP contribution in [0.15, 0.2) is 54.1 Å². The number of benzene rings is 1. The van der Waals surface area contributed by atoms with Crippen LogP contribution in [0.4, 0.5) is 0 Å². The Labute approximate surface area is 139 Å². The van der Waals surface area contributed by atoms with Gasteiger partial charge < -0.3 is 14.8 Å². The van der Waals surface area contributed by atoms with Gasteiger partial charge in [-0.3, -0.25) is 0 Å². The first kappa shape index (κ1) is 16.7. The van der Waals surface area contributed by atoms with Gasteiger partial charge in [0, 0.05) is 12.7 Å². The topological polar surface area (TPSA) is 54.3 Å². The summed E-state index contributed by atoms with van der Waals surface area (Å²) < 4.78 is 11.0. The van der Waals surface area contributed by atoms with Crippen molar-refractivity contribution in [3.63, 3.8) is 0 Å². The first-order chi connectivity index (χ1) is 11.1. The van der Waals surface area contributed by atoms with E-state index in [9.17, 15) is 5.26 Å². The van der Waals surface area contributed by atoms with Crippen molar-refractivity contribution >= 4 is 0 Å². The van der Waals surface area contributed by atoms with Crippen LogP contribution >= 0.6 is 0 Å². The molecule has 1 aliphatic rings. The lowest BCUT2D eigenvalue weighted by Gasteiger charge is -2.15. The molecular weight excluding hydrogens is 288 g/mol. The van der Waals surface area contributed by atoms with Crippen molar-refractivity contribution < 1.29 is 10.9 Å². The fraction of sp³-hybridized carbons (Fsp3) is 0.316. The van der Waals surface area contributed by atoms with Gasteiger partial charge in [-0.1, -0.05) is 26.0 Å². The first-order valence-corrected chi connectivity index (χ1v) is 7.73. The van der Waals surface area contributed by atoms with Crippen LogP contribution in [0.2, 0.25) is 0 Å². The van der Waals surface area contributed by atoms with Crippen molar-refractivity contribution in [1.82, 2.24) is 5.32 Å². The van der Waals surface area contributed by atoms with Crippen LogP contribution in [0, 0.1) is 11.3 Å². The lowest BCUT2D eigenvalue weighted by Crippen LogP contribution is -2.08. The molecule has 1 aliphatic carbocycles. The molecule has 0 heterocycles. The second-order valence-corrected chi connectivity index (χ2v) is 5.56. The van der Waals surface area contributed by atoms with Gasteiger partial charge in [-0.2, -0.15) is 5.26 Å². The van der Waals surface area contributed by atoms with Crippen LogP contribution in [0.3, 0.4) is 0 Å². The molecule has 4 nitrogen and oxygen atoms in total. The summed E-state index contributed by atoms with van der Waals surface area (Å²) in [6, 6.07) is 7.68. The van der Waals surface area contributed by atoms with Crippen molar-refractivity contribution in [3.05, 3.63) is 59.6 Å². The maximum atomic E-state index is 9.30. The highest BCUT2D eigenvalue weighted by molar-refractivity contribution is 5.43. The van der Waals surface area contributed by atoms with Crippen molar-refractivity contribution in [2.24, 2.45) is 0 Å². The first-order valence-electron chi connectivity index (χ1n) is 7.73. The third-order valence-corrected chi connectivity index (χ3v) is 3.53. The van der Waals surface area contributed by atoms with Crippen LogP contribution < -0.4 is 14.8 Å². The third kappa shape index (κ3) is 4.65. The lowest BCUT2D eigenvalue weighted by molar-refractivity contribution is 0.407. The van der Waals surface area contributed by atoms with E-state index in [0.717, 1.165) is 29.9 Å². The van der Waals surface area contributed by atoms with Gasteiger partial charge in [0.2, 0.25) is 5.76 Å². The molecule has 1 N–H and O–H groups in total. The Morgan fingerprint density at radius 2 is 2.22 bits per heavy atom. The van der Waals surface area contributed by atoms with Crippen molar-refractivity contribution in [2.75, 3.05) is 7.11 Å². The van der Waals surface area contributed by atoms with E-state index < -0.39 is 0 Å². The maximum Gasteiger partial charge on any atom is 0.219 e. The molecular formula is C19H24N2O2. The Morgan fingerprint density at radius 3 is 2.83 bits per heavy atom. The van der Waals surface area contributed by atoms with Crippen LogP contribution in [0.25, 0.3) is 0 Å². The molecule has 1 aromatic carbocycles. The summed E-state index contributed by atoms with van der Waals surface area (Å²) in [6.45, 7) is 4.15. The van der Waals surface area contributed by atoms with Gasteiger partial charge in [0.05, 0.1) is 13.3 Å². The van der Waals surface area contributed by atoms with Gasteiger partial charge in [0.15, 0.2) is 0 Å². The fourth-order valence-electron chi connectivity index (χ4n) is 2.27. The maximum absolute atomic E-state index is 9.30. The van der Waals surface area contributed by atoms with E-state index in [1.54, 1.807) is 13.3 Å². The largest absolute Gasteiger partial charge is 0.497 e. The summed E-state index contributed by atoms with van der Waals surface area (Å²) in [5.41, 5.74) is 1.98. The summed E-state index contributed by atoms with van der Waals surface area (Å²) in [7, 11) is 1.63. The van der Waals surface area contributed by atoms with E-state index in [1.807, 2.05) is 24.3 Å². The second-order valence-electron chi connectivity index (χ2n) is 5.56. The molecule has 23 heavy (non-hydrogen) atoms. The van der Waals surface area contributed by atoms with Gasteiger partial charge in [0.25, 0.3) is 0 Å². The second kappa shape index (κ2) is 8.09. The highest BCUT2D eigenvalue weighted by Crippen LogP contribution is 2.31. The standard InChI is InChI=1S/C19H22N2O2.H2/c1-14(2)18-11-16(22-3)9-10-19(18)23-17(12-20)13-21-15-7-5-4-6-8-15;/h5,7-11,13-14,21H,4,6H2,1-3H3;1H/b17-13+;. The fourth-order valence-corrected chi connectivity index (χ4v) is 2.27. The van der Waals surface area contributed by atoms with Crippen LogP contribution in [0.1, 0.15) is 39.6 Å². The minimum Gasteiger partial charge on any atom is -0.497 e. The Bertz CT molecular complexity index is 685. The molecule has 0 spiro atoms. The van der Waals surface area contributed by atoms with E-state index in [0.29, 0.717) is 5.75 Å². The predicted octanol–water partition coefficient (Wildman–Crippen LogP) is 4.63. The number of rotatable bonds is 6. The molecule has 0 unspecified atom stereocenters. The van der Waals surface area contributed by atoms with E-state index in [2.05, 4.69) is 37.4 Å². The van der Waals surface area contributed by atoms with Crippen LogP contribution in [-0.2, 0) is 0 Å². The molecule has 0 saturated heterocycles. The van der Waals surface area contributed by atoms with Gasteiger partial charge in [-0.05, 0) is 43.0 Å². The van der Waals surface area contributed by atoms with Gasteiger partial charge in [0.1, 0.15) is 17.6 Å². The van der Waals surface area contributed by atoms with E-state index in [-0.39, 0.29) is 13.1 Å². The zero-order valence-electron chi connectivity index (χ0n) is 13.8. The Morgan fingerprint density at radius 1 is 1.39 bits per heavy atom. The molecule has 0 saturated carbocycles. The van der Waals surface area contributed by atoms with Crippen molar-refractivity contribution in [2.45, 2.75) is 32.6 Å². The SMILES string of the molecule is COc1ccc(O/C(C#N)=C/NC2=CCCC=C2)c(C(C)C)c1.[HH]. The summed E-state index contributed by atoms with van der Waals surface area (Å²) in [5, 5.41) is 12.4. The number of ether oxygens (including phenoxy) is 2. The molecule has 0 amide bonds. The number of hydrogen-bond donors (Lipinski definition) is 1.